The first-order chi connectivity index (χ1) is 9.36. The summed E-state index contributed by atoms with van der Waals surface area (Å²) in [6.07, 6.45) is 1.10. The number of nitrogens with two attached hydrogens (primary N) is 1. The van der Waals surface area contributed by atoms with Crippen molar-refractivity contribution in [1.29, 1.82) is 0 Å². The lowest BCUT2D eigenvalue weighted by molar-refractivity contribution is 0.187. The van der Waals surface area contributed by atoms with Crippen LogP contribution in [0.1, 0.15) is 6.42 Å². The Hall–Kier alpha value is -1.92. The van der Waals surface area contributed by atoms with Crippen molar-refractivity contribution < 1.29 is 4.74 Å². The molecule has 2 aromatic rings. The number of rotatable bonds is 4. The molecule has 1 fully saturated rings. The van der Waals surface area contributed by atoms with Gasteiger partial charge in [-0.2, -0.15) is 4.98 Å². The standard InChI is InChI=1S/C13H17N5O/c14-18-13-16-11-4-2-1-3-10(11)12(17-13)15-7-9-5-6-19-8-9/h1-4,9H,5-8,14H2,(H2,15,16,17,18). The van der Waals surface area contributed by atoms with E-state index in [4.69, 9.17) is 10.6 Å². The second kappa shape index (κ2) is 5.38. The number of ether oxygens (including phenoxy) is 1. The molecule has 0 saturated carbocycles. The summed E-state index contributed by atoms with van der Waals surface area (Å²) in [7, 11) is 0. The van der Waals surface area contributed by atoms with Gasteiger partial charge in [0.2, 0.25) is 5.95 Å². The van der Waals surface area contributed by atoms with Gasteiger partial charge in [0.25, 0.3) is 0 Å². The van der Waals surface area contributed by atoms with E-state index in [9.17, 15) is 0 Å². The molecule has 19 heavy (non-hydrogen) atoms. The number of benzene rings is 1. The summed E-state index contributed by atoms with van der Waals surface area (Å²) in [5, 5.41) is 4.38. The van der Waals surface area contributed by atoms with Crippen molar-refractivity contribution in [2.45, 2.75) is 6.42 Å². The van der Waals surface area contributed by atoms with Crippen molar-refractivity contribution in [3.63, 3.8) is 0 Å². The van der Waals surface area contributed by atoms with Crippen LogP contribution in [0.25, 0.3) is 10.9 Å². The predicted octanol–water partition coefficient (Wildman–Crippen LogP) is 1.36. The molecule has 2 heterocycles. The second-order valence-corrected chi connectivity index (χ2v) is 4.67. The Morgan fingerprint density at radius 2 is 2.21 bits per heavy atom. The largest absolute Gasteiger partial charge is 0.381 e. The molecule has 100 valence electrons. The van der Waals surface area contributed by atoms with E-state index in [1.807, 2.05) is 24.3 Å². The molecule has 1 saturated heterocycles. The zero-order chi connectivity index (χ0) is 13.1. The van der Waals surface area contributed by atoms with Crippen molar-refractivity contribution in [1.82, 2.24) is 9.97 Å². The third kappa shape index (κ3) is 2.59. The molecule has 1 unspecified atom stereocenters. The van der Waals surface area contributed by atoms with Gasteiger partial charge in [0, 0.05) is 24.5 Å². The lowest BCUT2D eigenvalue weighted by Crippen LogP contribution is -2.17. The third-order valence-electron chi connectivity index (χ3n) is 3.31. The summed E-state index contributed by atoms with van der Waals surface area (Å²) in [6, 6.07) is 7.88. The van der Waals surface area contributed by atoms with Gasteiger partial charge in [-0.05, 0) is 18.6 Å². The fourth-order valence-electron chi connectivity index (χ4n) is 2.26. The van der Waals surface area contributed by atoms with Crippen LogP contribution in [0, 0.1) is 5.92 Å². The molecule has 4 N–H and O–H groups in total. The summed E-state index contributed by atoms with van der Waals surface area (Å²) in [5.74, 6) is 7.18. The molecule has 6 heteroatoms. The number of nitrogen functional groups attached to an aromatic ring is 1. The van der Waals surface area contributed by atoms with Gasteiger partial charge in [0.15, 0.2) is 0 Å². The Morgan fingerprint density at radius 3 is 3.00 bits per heavy atom. The molecule has 1 aliphatic heterocycles. The highest BCUT2D eigenvalue weighted by molar-refractivity contribution is 5.89. The Balaban J connectivity index is 1.87. The summed E-state index contributed by atoms with van der Waals surface area (Å²) >= 11 is 0. The molecule has 1 aromatic carbocycles. The topological polar surface area (TPSA) is 85.1 Å². The SMILES string of the molecule is NNc1nc(NCC2CCOC2)c2ccccc2n1. The summed E-state index contributed by atoms with van der Waals surface area (Å²) in [6.45, 7) is 2.52. The number of fused-ring (bicyclic) bond motifs is 1. The van der Waals surface area contributed by atoms with Gasteiger partial charge < -0.3 is 10.1 Å². The average Bonchev–Trinajstić information content (AvgIpc) is 2.97. The quantitative estimate of drug-likeness (QED) is 0.568. The molecule has 0 spiro atoms. The van der Waals surface area contributed by atoms with E-state index in [0.29, 0.717) is 11.9 Å². The van der Waals surface area contributed by atoms with Crippen molar-refractivity contribution in [2.24, 2.45) is 11.8 Å². The Morgan fingerprint density at radius 1 is 1.32 bits per heavy atom. The van der Waals surface area contributed by atoms with E-state index in [-0.39, 0.29) is 0 Å². The second-order valence-electron chi connectivity index (χ2n) is 4.67. The summed E-state index contributed by atoms with van der Waals surface area (Å²) in [5.41, 5.74) is 3.37. The van der Waals surface area contributed by atoms with Crippen molar-refractivity contribution in [3.05, 3.63) is 24.3 Å². The smallest absolute Gasteiger partial charge is 0.239 e. The molecular weight excluding hydrogens is 242 g/mol. The number of nitrogens with one attached hydrogen (secondary N) is 2. The summed E-state index contributed by atoms with van der Waals surface area (Å²) < 4.78 is 5.37. The maximum absolute atomic E-state index is 5.41. The molecule has 1 atom stereocenters. The number of hydrogen-bond donors (Lipinski definition) is 3. The first kappa shape index (κ1) is 12.1. The minimum Gasteiger partial charge on any atom is -0.381 e. The molecule has 1 aromatic heterocycles. The van der Waals surface area contributed by atoms with Crippen LogP contribution in [-0.2, 0) is 4.74 Å². The molecular formula is C13H17N5O. The van der Waals surface area contributed by atoms with Crippen molar-refractivity contribution >= 4 is 22.7 Å². The van der Waals surface area contributed by atoms with Gasteiger partial charge in [0.05, 0.1) is 12.1 Å². The van der Waals surface area contributed by atoms with Gasteiger partial charge in [-0.25, -0.2) is 10.8 Å². The summed E-state index contributed by atoms with van der Waals surface area (Å²) in [4.78, 5) is 8.70. The fraction of sp³-hybridized carbons (Fsp3) is 0.385. The van der Waals surface area contributed by atoms with Crippen LogP contribution in [-0.4, -0.2) is 29.7 Å². The Kier molecular flexibility index (Phi) is 3.43. The van der Waals surface area contributed by atoms with Gasteiger partial charge in [-0.3, -0.25) is 5.43 Å². The maximum atomic E-state index is 5.41. The Bertz CT molecular complexity index is 568. The first-order valence-corrected chi connectivity index (χ1v) is 6.42. The molecule has 6 nitrogen and oxygen atoms in total. The van der Waals surface area contributed by atoms with Crippen LogP contribution in [0.3, 0.4) is 0 Å². The highest BCUT2D eigenvalue weighted by atomic mass is 16.5. The normalized spacial score (nSPS) is 18.7. The van der Waals surface area contributed by atoms with Crippen LogP contribution in [0.4, 0.5) is 11.8 Å². The molecule has 1 aliphatic rings. The van der Waals surface area contributed by atoms with Crippen molar-refractivity contribution in [2.75, 3.05) is 30.5 Å². The van der Waals surface area contributed by atoms with E-state index in [2.05, 4.69) is 20.7 Å². The van der Waals surface area contributed by atoms with Crippen LogP contribution >= 0.6 is 0 Å². The fourth-order valence-corrected chi connectivity index (χ4v) is 2.26. The third-order valence-corrected chi connectivity index (χ3v) is 3.31. The monoisotopic (exact) mass is 259 g/mol. The lowest BCUT2D eigenvalue weighted by Gasteiger charge is -2.13. The number of nitrogens with zero attached hydrogens (tertiary/aromatic N) is 2. The molecule has 0 amide bonds. The number of para-hydroxylation sites is 1. The van der Waals surface area contributed by atoms with Crippen LogP contribution in [0.5, 0.6) is 0 Å². The Labute approximate surface area is 111 Å². The number of hydrazine groups is 1. The van der Waals surface area contributed by atoms with Gasteiger partial charge >= 0.3 is 0 Å². The molecule has 3 rings (SSSR count). The first-order valence-electron chi connectivity index (χ1n) is 6.42. The van der Waals surface area contributed by atoms with E-state index in [0.717, 1.165) is 42.9 Å². The van der Waals surface area contributed by atoms with Gasteiger partial charge in [-0.1, -0.05) is 12.1 Å². The van der Waals surface area contributed by atoms with Gasteiger partial charge in [0.1, 0.15) is 5.82 Å². The van der Waals surface area contributed by atoms with Gasteiger partial charge in [-0.15, -0.1) is 0 Å². The van der Waals surface area contributed by atoms with Crippen LogP contribution in [0.2, 0.25) is 0 Å². The number of aromatic nitrogens is 2. The predicted molar refractivity (Wildman–Crippen MR) is 74.8 cm³/mol. The molecule has 0 radical (unpaired) electrons. The molecule has 0 bridgehead atoms. The maximum Gasteiger partial charge on any atom is 0.239 e. The molecule has 0 aliphatic carbocycles. The van der Waals surface area contributed by atoms with E-state index >= 15 is 0 Å². The van der Waals surface area contributed by atoms with E-state index in [1.165, 1.54) is 0 Å². The minimum absolute atomic E-state index is 0.420. The van der Waals surface area contributed by atoms with Crippen molar-refractivity contribution in [3.8, 4) is 0 Å². The number of anilines is 2. The highest BCUT2D eigenvalue weighted by Crippen LogP contribution is 2.22. The lowest BCUT2D eigenvalue weighted by atomic mass is 10.1. The average molecular weight is 259 g/mol. The van der Waals surface area contributed by atoms with Crippen LogP contribution in [0.15, 0.2) is 24.3 Å². The van der Waals surface area contributed by atoms with E-state index in [1.54, 1.807) is 0 Å². The zero-order valence-electron chi connectivity index (χ0n) is 10.6. The van der Waals surface area contributed by atoms with E-state index < -0.39 is 0 Å². The number of hydrogen-bond acceptors (Lipinski definition) is 6. The van der Waals surface area contributed by atoms with Crippen LogP contribution < -0.4 is 16.6 Å². The minimum atomic E-state index is 0.420. The highest BCUT2D eigenvalue weighted by Gasteiger charge is 2.16. The zero-order valence-corrected chi connectivity index (χ0v) is 10.6.